The Morgan fingerprint density at radius 2 is 1.92 bits per heavy atom. The quantitative estimate of drug-likeness (QED) is 0.870. The predicted octanol–water partition coefficient (Wildman–Crippen LogP) is 3.26. The summed E-state index contributed by atoms with van der Waals surface area (Å²) in [4.78, 5) is 17.3. The maximum atomic E-state index is 12.9. The van der Waals surface area contributed by atoms with E-state index in [0.29, 0.717) is 6.04 Å². The molecule has 4 nitrogen and oxygen atoms in total. The van der Waals surface area contributed by atoms with Gasteiger partial charge in [-0.05, 0) is 64.3 Å². The Morgan fingerprint density at radius 3 is 2.46 bits per heavy atom. The lowest BCUT2D eigenvalue weighted by molar-refractivity contribution is 0.0584. The molecule has 1 aromatic carbocycles. The SMILES string of the molecule is CCN(Cc1ccc(C(=O)N2CCCCC2C(C)N)cc1)C(C)C. The smallest absolute Gasteiger partial charge is 0.254 e. The summed E-state index contributed by atoms with van der Waals surface area (Å²) in [6.07, 6.45) is 3.26. The van der Waals surface area contributed by atoms with Crippen LogP contribution in [-0.2, 0) is 6.54 Å². The van der Waals surface area contributed by atoms with Crippen LogP contribution >= 0.6 is 0 Å². The van der Waals surface area contributed by atoms with Crippen molar-refractivity contribution in [2.24, 2.45) is 5.73 Å². The second kappa shape index (κ2) is 8.63. The Bertz CT molecular complexity index is 524. The standard InChI is InChI=1S/C20H33N3O/c1-5-22(15(2)3)14-17-9-11-18(12-10-17)20(24)23-13-7-6-8-19(23)16(4)21/h9-12,15-16,19H,5-8,13-14,21H2,1-4H3. The molecule has 1 fully saturated rings. The lowest BCUT2D eigenvalue weighted by Crippen LogP contribution is -2.51. The molecule has 4 heteroatoms. The Hall–Kier alpha value is -1.39. The average Bonchev–Trinajstić information content (AvgIpc) is 2.59. The van der Waals surface area contributed by atoms with Crippen LogP contribution in [-0.4, -0.2) is 46.9 Å². The molecule has 0 spiro atoms. The number of amides is 1. The van der Waals surface area contributed by atoms with Crippen LogP contribution in [0.25, 0.3) is 0 Å². The van der Waals surface area contributed by atoms with Crippen LogP contribution in [0.1, 0.15) is 62.9 Å². The number of carbonyl (C=O) groups is 1. The molecule has 0 bridgehead atoms. The van der Waals surface area contributed by atoms with Gasteiger partial charge in [0, 0.05) is 36.8 Å². The molecule has 1 aromatic rings. The molecule has 0 radical (unpaired) electrons. The van der Waals surface area contributed by atoms with Gasteiger partial charge in [0.2, 0.25) is 0 Å². The van der Waals surface area contributed by atoms with Gasteiger partial charge in [-0.2, -0.15) is 0 Å². The minimum Gasteiger partial charge on any atom is -0.334 e. The van der Waals surface area contributed by atoms with E-state index < -0.39 is 0 Å². The van der Waals surface area contributed by atoms with Crippen molar-refractivity contribution in [1.82, 2.24) is 9.80 Å². The first-order valence-corrected chi connectivity index (χ1v) is 9.33. The van der Waals surface area contributed by atoms with E-state index >= 15 is 0 Å². The van der Waals surface area contributed by atoms with Gasteiger partial charge in [0.15, 0.2) is 0 Å². The molecule has 1 aliphatic rings. The van der Waals surface area contributed by atoms with Crippen molar-refractivity contribution < 1.29 is 4.79 Å². The molecule has 1 saturated heterocycles. The molecule has 2 unspecified atom stereocenters. The summed E-state index contributed by atoms with van der Waals surface area (Å²) in [6.45, 7) is 11.4. The topological polar surface area (TPSA) is 49.6 Å². The second-order valence-electron chi connectivity index (χ2n) is 7.27. The zero-order valence-electron chi connectivity index (χ0n) is 15.7. The number of carbonyl (C=O) groups excluding carboxylic acids is 1. The van der Waals surface area contributed by atoms with Crippen molar-refractivity contribution in [2.75, 3.05) is 13.1 Å². The zero-order chi connectivity index (χ0) is 17.7. The molecular formula is C20H33N3O. The van der Waals surface area contributed by atoms with Gasteiger partial charge in [0.25, 0.3) is 5.91 Å². The monoisotopic (exact) mass is 331 g/mol. The Kier molecular flexibility index (Phi) is 6.81. The Labute approximate surface area is 147 Å². The van der Waals surface area contributed by atoms with E-state index in [2.05, 4.69) is 37.8 Å². The first-order chi connectivity index (χ1) is 11.4. The third kappa shape index (κ3) is 4.58. The van der Waals surface area contributed by atoms with Crippen LogP contribution < -0.4 is 5.73 Å². The maximum Gasteiger partial charge on any atom is 0.254 e. The summed E-state index contributed by atoms with van der Waals surface area (Å²) in [7, 11) is 0. The fourth-order valence-electron chi connectivity index (χ4n) is 3.57. The largest absolute Gasteiger partial charge is 0.334 e. The summed E-state index contributed by atoms with van der Waals surface area (Å²) in [6, 6.07) is 8.83. The van der Waals surface area contributed by atoms with Gasteiger partial charge in [-0.25, -0.2) is 0 Å². The molecule has 1 amide bonds. The highest BCUT2D eigenvalue weighted by atomic mass is 16.2. The van der Waals surface area contributed by atoms with E-state index in [1.807, 2.05) is 24.0 Å². The van der Waals surface area contributed by atoms with Crippen LogP contribution in [0, 0.1) is 0 Å². The number of piperidine rings is 1. The van der Waals surface area contributed by atoms with E-state index in [-0.39, 0.29) is 18.0 Å². The lowest BCUT2D eigenvalue weighted by atomic mass is 9.96. The summed E-state index contributed by atoms with van der Waals surface area (Å²) in [5.41, 5.74) is 8.13. The van der Waals surface area contributed by atoms with Crippen molar-refractivity contribution >= 4 is 5.91 Å². The minimum absolute atomic E-state index is 0.0256. The molecule has 0 aliphatic carbocycles. The van der Waals surface area contributed by atoms with E-state index in [0.717, 1.165) is 44.5 Å². The predicted molar refractivity (Wildman–Crippen MR) is 100.0 cm³/mol. The van der Waals surface area contributed by atoms with Crippen LogP contribution in [0.15, 0.2) is 24.3 Å². The van der Waals surface area contributed by atoms with Gasteiger partial charge in [0.1, 0.15) is 0 Å². The molecule has 2 N–H and O–H groups in total. The van der Waals surface area contributed by atoms with Crippen molar-refractivity contribution in [1.29, 1.82) is 0 Å². The van der Waals surface area contributed by atoms with E-state index in [1.54, 1.807) is 0 Å². The van der Waals surface area contributed by atoms with Crippen molar-refractivity contribution in [2.45, 2.75) is 71.6 Å². The highest BCUT2D eigenvalue weighted by molar-refractivity contribution is 5.94. The van der Waals surface area contributed by atoms with E-state index in [1.165, 1.54) is 5.56 Å². The average molecular weight is 332 g/mol. The summed E-state index contributed by atoms with van der Waals surface area (Å²) in [5, 5.41) is 0. The molecule has 0 saturated carbocycles. The molecule has 24 heavy (non-hydrogen) atoms. The fourth-order valence-corrected chi connectivity index (χ4v) is 3.57. The molecule has 0 aromatic heterocycles. The van der Waals surface area contributed by atoms with Gasteiger partial charge in [-0.15, -0.1) is 0 Å². The van der Waals surface area contributed by atoms with Crippen LogP contribution in [0.5, 0.6) is 0 Å². The number of likely N-dealkylation sites (tertiary alicyclic amines) is 1. The maximum absolute atomic E-state index is 12.9. The molecule has 134 valence electrons. The number of nitrogens with zero attached hydrogens (tertiary/aromatic N) is 2. The van der Waals surface area contributed by atoms with E-state index in [9.17, 15) is 4.79 Å². The number of benzene rings is 1. The van der Waals surface area contributed by atoms with Gasteiger partial charge in [0.05, 0.1) is 0 Å². The molecule has 1 heterocycles. The number of nitrogens with two attached hydrogens (primary N) is 1. The van der Waals surface area contributed by atoms with Crippen LogP contribution in [0.3, 0.4) is 0 Å². The van der Waals surface area contributed by atoms with Crippen LogP contribution in [0.4, 0.5) is 0 Å². The zero-order valence-corrected chi connectivity index (χ0v) is 15.7. The van der Waals surface area contributed by atoms with Gasteiger partial charge in [-0.1, -0.05) is 19.1 Å². The summed E-state index contributed by atoms with van der Waals surface area (Å²) < 4.78 is 0. The third-order valence-electron chi connectivity index (χ3n) is 5.14. The molecular weight excluding hydrogens is 298 g/mol. The number of hydrogen-bond donors (Lipinski definition) is 1. The number of hydrogen-bond acceptors (Lipinski definition) is 3. The molecule has 2 atom stereocenters. The van der Waals surface area contributed by atoms with E-state index in [4.69, 9.17) is 5.73 Å². The Balaban J connectivity index is 2.07. The van der Waals surface area contributed by atoms with Crippen molar-refractivity contribution in [3.63, 3.8) is 0 Å². The van der Waals surface area contributed by atoms with Crippen molar-refractivity contribution in [3.05, 3.63) is 35.4 Å². The lowest BCUT2D eigenvalue weighted by Gasteiger charge is -2.38. The molecule has 2 rings (SSSR count). The fraction of sp³-hybridized carbons (Fsp3) is 0.650. The first kappa shape index (κ1) is 18.9. The highest BCUT2D eigenvalue weighted by Gasteiger charge is 2.29. The highest BCUT2D eigenvalue weighted by Crippen LogP contribution is 2.22. The summed E-state index contributed by atoms with van der Waals surface area (Å²) in [5.74, 6) is 0.125. The first-order valence-electron chi connectivity index (χ1n) is 9.33. The molecule has 1 aliphatic heterocycles. The second-order valence-corrected chi connectivity index (χ2v) is 7.27. The summed E-state index contributed by atoms with van der Waals surface area (Å²) >= 11 is 0. The number of rotatable bonds is 6. The Morgan fingerprint density at radius 1 is 1.25 bits per heavy atom. The van der Waals surface area contributed by atoms with Gasteiger partial charge in [-0.3, -0.25) is 9.69 Å². The van der Waals surface area contributed by atoms with Gasteiger partial charge < -0.3 is 10.6 Å². The normalized spacial score (nSPS) is 19.8. The third-order valence-corrected chi connectivity index (χ3v) is 5.14. The van der Waals surface area contributed by atoms with Gasteiger partial charge >= 0.3 is 0 Å². The minimum atomic E-state index is 0.0256. The van der Waals surface area contributed by atoms with Crippen molar-refractivity contribution in [3.8, 4) is 0 Å². The van der Waals surface area contributed by atoms with Crippen LogP contribution in [0.2, 0.25) is 0 Å².